The van der Waals surface area contributed by atoms with Gasteiger partial charge in [-0.25, -0.2) is 0 Å². The minimum Gasteiger partial charge on any atom is -0.457 e. The Morgan fingerprint density at radius 1 is 0.792 bits per heavy atom. The third-order valence-corrected chi connectivity index (χ3v) is 4.45. The summed E-state index contributed by atoms with van der Waals surface area (Å²) < 4.78 is 6.04. The van der Waals surface area contributed by atoms with Gasteiger partial charge in [0, 0.05) is 40.6 Å². The Morgan fingerprint density at radius 3 is 1.96 bits per heavy atom. The first kappa shape index (κ1) is 14.6. The van der Waals surface area contributed by atoms with E-state index >= 15 is 0 Å². The van der Waals surface area contributed by atoms with Gasteiger partial charge in [0.2, 0.25) is 0 Å². The monoisotopic (exact) mass is 318 g/mol. The molecule has 0 amide bonds. The zero-order valence-corrected chi connectivity index (χ0v) is 13.1. The highest BCUT2D eigenvalue weighted by Crippen LogP contribution is 2.48. The summed E-state index contributed by atoms with van der Waals surface area (Å²) in [6.07, 6.45) is 0. The molecule has 120 valence electrons. The zero-order valence-electron chi connectivity index (χ0n) is 13.1. The van der Waals surface area contributed by atoms with Gasteiger partial charge in [-0.1, -0.05) is 36.4 Å². The molecule has 24 heavy (non-hydrogen) atoms. The van der Waals surface area contributed by atoms with Gasteiger partial charge in [0.05, 0.1) is 6.61 Å². The van der Waals surface area contributed by atoms with Crippen molar-refractivity contribution in [3.63, 3.8) is 0 Å². The summed E-state index contributed by atoms with van der Waals surface area (Å²) in [4.78, 5) is 0. The number of nitrogen functional groups attached to an aromatic ring is 2. The molecule has 1 aliphatic heterocycles. The Bertz CT molecular complexity index is 870. The molecular formula is C20H18N2O2. The second-order valence-corrected chi connectivity index (χ2v) is 5.99. The van der Waals surface area contributed by atoms with Gasteiger partial charge in [0.1, 0.15) is 11.5 Å². The maximum Gasteiger partial charge on any atom is 0.133 e. The van der Waals surface area contributed by atoms with Crippen LogP contribution in [0, 0.1) is 0 Å². The SMILES string of the molecule is Nc1ccc2c(c1)Oc1cc(N)ccc1C2c1ccccc1CO. The van der Waals surface area contributed by atoms with Crippen LogP contribution in [0.25, 0.3) is 0 Å². The molecule has 0 saturated heterocycles. The van der Waals surface area contributed by atoms with Gasteiger partial charge in [-0.05, 0) is 23.3 Å². The van der Waals surface area contributed by atoms with E-state index in [9.17, 15) is 5.11 Å². The lowest BCUT2D eigenvalue weighted by molar-refractivity contribution is 0.280. The fraction of sp³-hybridized carbons (Fsp3) is 0.100. The molecule has 0 spiro atoms. The molecule has 0 radical (unpaired) electrons. The molecule has 1 heterocycles. The number of ether oxygens (including phenoxy) is 1. The minimum absolute atomic E-state index is 0.0118. The first-order chi connectivity index (χ1) is 11.7. The van der Waals surface area contributed by atoms with Gasteiger partial charge in [0.25, 0.3) is 0 Å². The van der Waals surface area contributed by atoms with Crippen molar-refractivity contribution in [2.24, 2.45) is 0 Å². The van der Waals surface area contributed by atoms with Crippen molar-refractivity contribution in [3.05, 3.63) is 82.9 Å². The fourth-order valence-corrected chi connectivity index (χ4v) is 3.34. The molecule has 4 heteroatoms. The van der Waals surface area contributed by atoms with Gasteiger partial charge >= 0.3 is 0 Å². The van der Waals surface area contributed by atoms with Gasteiger partial charge in [-0.2, -0.15) is 0 Å². The number of hydrogen-bond acceptors (Lipinski definition) is 4. The molecule has 5 N–H and O–H groups in total. The molecule has 0 atom stereocenters. The second-order valence-electron chi connectivity index (χ2n) is 5.99. The van der Waals surface area contributed by atoms with Crippen molar-refractivity contribution in [2.75, 3.05) is 11.5 Å². The minimum atomic E-state index is -0.0340. The van der Waals surface area contributed by atoms with Crippen LogP contribution in [0.1, 0.15) is 28.2 Å². The van der Waals surface area contributed by atoms with Crippen molar-refractivity contribution in [2.45, 2.75) is 12.5 Å². The number of benzene rings is 3. The summed E-state index contributed by atoms with van der Waals surface area (Å²) >= 11 is 0. The summed E-state index contributed by atoms with van der Waals surface area (Å²) in [7, 11) is 0. The third kappa shape index (κ3) is 2.28. The Balaban J connectivity index is 1.99. The molecule has 0 unspecified atom stereocenters. The highest BCUT2D eigenvalue weighted by molar-refractivity contribution is 5.64. The van der Waals surface area contributed by atoms with Crippen molar-refractivity contribution in [1.29, 1.82) is 0 Å². The van der Waals surface area contributed by atoms with Crippen LogP contribution in [0.15, 0.2) is 60.7 Å². The lowest BCUT2D eigenvalue weighted by atomic mass is 9.80. The van der Waals surface area contributed by atoms with Gasteiger partial charge < -0.3 is 21.3 Å². The first-order valence-electron chi connectivity index (χ1n) is 7.82. The van der Waals surface area contributed by atoms with E-state index in [4.69, 9.17) is 16.2 Å². The molecule has 0 aromatic heterocycles. The van der Waals surface area contributed by atoms with Crippen LogP contribution >= 0.6 is 0 Å². The van der Waals surface area contributed by atoms with E-state index in [-0.39, 0.29) is 12.5 Å². The Labute approximate surface area is 140 Å². The van der Waals surface area contributed by atoms with Crippen LogP contribution < -0.4 is 16.2 Å². The Hall–Kier alpha value is -2.98. The average Bonchev–Trinajstić information content (AvgIpc) is 2.59. The normalized spacial score (nSPS) is 13.0. The van der Waals surface area contributed by atoms with Crippen LogP contribution in [-0.2, 0) is 6.61 Å². The number of anilines is 2. The van der Waals surface area contributed by atoms with Crippen molar-refractivity contribution < 1.29 is 9.84 Å². The zero-order chi connectivity index (χ0) is 16.7. The molecule has 4 rings (SSSR count). The summed E-state index contributed by atoms with van der Waals surface area (Å²) in [5.41, 5.74) is 17.2. The number of fused-ring (bicyclic) bond motifs is 2. The lowest BCUT2D eigenvalue weighted by Crippen LogP contribution is -2.14. The van der Waals surface area contributed by atoms with E-state index in [0.29, 0.717) is 11.4 Å². The topological polar surface area (TPSA) is 81.5 Å². The first-order valence-corrected chi connectivity index (χ1v) is 7.82. The number of aliphatic hydroxyl groups excluding tert-OH is 1. The molecule has 4 nitrogen and oxygen atoms in total. The van der Waals surface area contributed by atoms with Crippen molar-refractivity contribution in [1.82, 2.24) is 0 Å². The van der Waals surface area contributed by atoms with Crippen molar-refractivity contribution in [3.8, 4) is 11.5 Å². The Kier molecular flexibility index (Phi) is 3.40. The number of rotatable bonds is 2. The van der Waals surface area contributed by atoms with Crippen LogP contribution in [-0.4, -0.2) is 5.11 Å². The quantitative estimate of drug-likeness (QED) is 0.493. The van der Waals surface area contributed by atoms with Gasteiger partial charge in [0.15, 0.2) is 0 Å². The molecule has 1 aliphatic rings. The van der Waals surface area contributed by atoms with E-state index in [1.54, 1.807) is 0 Å². The van der Waals surface area contributed by atoms with E-state index in [1.165, 1.54) is 0 Å². The van der Waals surface area contributed by atoms with E-state index < -0.39 is 0 Å². The highest BCUT2D eigenvalue weighted by Gasteiger charge is 2.30. The van der Waals surface area contributed by atoms with Gasteiger partial charge in [-0.15, -0.1) is 0 Å². The smallest absolute Gasteiger partial charge is 0.133 e. The van der Waals surface area contributed by atoms with E-state index in [2.05, 4.69) is 0 Å². The largest absolute Gasteiger partial charge is 0.457 e. The summed E-state index contributed by atoms with van der Waals surface area (Å²) in [6, 6.07) is 19.3. The third-order valence-electron chi connectivity index (χ3n) is 4.45. The van der Waals surface area contributed by atoms with E-state index in [1.807, 2.05) is 60.7 Å². The van der Waals surface area contributed by atoms with Crippen LogP contribution in [0.3, 0.4) is 0 Å². The molecule has 0 fully saturated rings. The lowest BCUT2D eigenvalue weighted by Gasteiger charge is -2.30. The summed E-state index contributed by atoms with van der Waals surface area (Å²) in [5, 5.41) is 9.76. The highest BCUT2D eigenvalue weighted by atomic mass is 16.5. The number of nitrogens with two attached hydrogens (primary N) is 2. The number of aliphatic hydroxyl groups is 1. The molecule has 0 aliphatic carbocycles. The second kappa shape index (κ2) is 5.58. The Morgan fingerprint density at radius 2 is 1.38 bits per heavy atom. The summed E-state index contributed by atoms with van der Waals surface area (Å²) in [6.45, 7) is -0.0118. The standard InChI is InChI=1S/C20H18N2O2/c21-13-5-7-16-18(9-13)24-19-10-14(22)6-8-17(19)20(16)15-4-2-1-3-12(15)11-23/h1-10,20,23H,11,21-22H2. The van der Waals surface area contributed by atoms with E-state index in [0.717, 1.165) is 33.8 Å². The maximum atomic E-state index is 9.76. The summed E-state index contributed by atoms with van der Waals surface area (Å²) in [5.74, 6) is 1.42. The molecule has 3 aromatic carbocycles. The fourth-order valence-electron chi connectivity index (χ4n) is 3.34. The predicted molar refractivity (Wildman–Crippen MR) is 95.1 cm³/mol. The molecule has 3 aromatic rings. The van der Waals surface area contributed by atoms with Gasteiger partial charge in [-0.3, -0.25) is 0 Å². The van der Waals surface area contributed by atoms with Crippen LogP contribution in [0.5, 0.6) is 11.5 Å². The molecule has 0 saturated carbocycles. The molecule has 0 bridgehead atoms. The van der Waals surface area contributed by atoms with Crippen molar-refractivity contribution >= 4 is 11.4 Å². The average molecular weight is 318 g/mol. The molecular weight excluding hydrogens is 300 g/mol. The maximum absolute atomic E-state index is 9.76. The number of hydrogen-bond donors (Lipinski definition) is 3. The van der Waals surface area contributed by atoms with Crippen LogP contribution in [0.2, 0.25) is 0 Å². The predicted octanol–water partition coefficient (Wildman–Crippen LogP) is 3.63. The van der Waals surface area contributed by atoms with Crippen LogP contribution in [0.4, 0.5) is 11.4 Å².